The van der Waals surface area contributed by atoms with Crippen LogP contribution in [-0.2, 0) is 6.42 Å². The maximum Gasteiger partial charge on any atom is 0.0764 e. The third-order valence-corrected chi connectivity index (χ3v) is 5.04. The molecule has 0 bridgehead atoms. The Labute approximate surface area is 126 Å². The molecule has 4 heteroatoms. The fourth-order valence-corrected chi connectivity index (χ4v) is 3.15. The average molecular weight is 304 g/mol. The standard InChI is InChI=1S/C15H23Cl2NO/c1-5-15(6-2,18(3)4)13(19)10-11-8-7-9-12(16)14(11)17/h7-9,13,19H,5-6,10H2,1-4H3. The van der Waals surface area contributed by atoms with E-state index in [0.29, 0.717) is 16.5 Å². The van der Waals surface area contributed by atoms with Crippen LogP contribution in [0.25, 0.3) is 0 Å². The highest BCUT2D eigenvalue weighted by molar-refractivity contribution is 6.42. The van der Waals surface area contributed by atoms with Crippen molar-refractivity contribution in [1.29, 1.82) is 0 Å². The van der Waals surface area contributed by atoms with Crippen LogP contribution in [-0.4, -0.2) is 35.7 Å². The maximum absolute atomic E-state index is 10.7. The van der Waals surface area contributed by atoms with E-state index in [1.807, 2.05) is 26.2 Å². The van der Waals surface area contributed by atoms with Crippen LogP contribution >= 0.6 is 23.2 Å². The smallest absolute Gasteiger partial charge is 0.0764 e. The highest BCUT2D eigenvalue weighted by Crippen LogP contribution is 2.31. The van der Waals surface area contributed by atoms with Gasteiger partial charge in [0.15, 0.2) is 0 Å². The Morgan fingerprint density at radius 1 is 1.21 bits per heavy atom. The first-order chi connectivity index (χ1) is 8.89. The van der Waals surface area contributed by atoms with Gasteiger partial charge in [-0.1, -0.05) is 49.2 Å². The lowest BCUT2D eigenvalue weighted by atomic mass is 9.82. The summed E-state index contributed by atoms with van der Waals surface area (Å²) in [5, 5.41) is 11.7. The molecule has 0 fully saturated rings. The molecule has 1 unspecified atom stereocenters. The fourth-order valence-electron chi connectivity index (χ4n) is 2.76. The predicted molar refractivity (Wildman–Crippen MR) is 83.2 cm³/mol. The predicted octanol–water partition coefficient (Wildman–Crippen LogP) is 4.02. The van der Waals surface area contributed by atoms with Crippen molar-refractivity contribution in [2.24, 2.45) is 0 Å². The summed E-state index contributed by atoms with van der Waals surface area (Å²) in [5.41, 5.74) is 0.667. The quantitative estimate of drug-likeness (QED) is 0.858. The summed E-state index contributed by atoms with van der Waals surface area (Å²) in [6.45, 7) is 4.21. The molecule has 0 aliphatic carbocycles. The van der Waals surface area contributed by atoms with E-state index in [4.69, 9.17) is 23.2 Å². The van der Waals surface area contributed by atoms with E-state index in [2.05, 4.69) is 18.7 Å². The number of aliphatic hydroxyl groups is 1. The van der Waals surface area contributed by atoms with Crippen molar-refractivity contribution in [3.8, 4) is 0 Å². The van der Waals surface area contributed by atoms with Crippen molar-refractivity contribution in [2.75, 3.05) is 14.1 Å². The second kappa shape index (κ2) is 6.94. The molecule has 0 aromatic heterocycles. The minimum Gasteiger partial charge on any atom is -0.391 e. The van der Waals surface area contributed by atoms with Crippen molar-refractivity contribution in [3.05, 3.63) is 33.8 Å². The van der Waals surface area contributed by atoms with Crippen molar-refractivity contribution < 1.29 is 5.11 Å². The first kappa shape index (κ1) is 16.8. The molecule has 0 radical (unpaired) electrons. The number of halogens is 2. The van der Waals surface area contributed by atoms with Crippen LogP contribution in [0.15, 0.2) is 18.2 Å². The van der Waals surface area contributed by atoms with E-state index < -0.39 is 6.10 Å². The normalized spacial score (nSPS) is 13.9. The summed E-state index contributed by atoms with van der Waals surface area (Å²) >= 11 is 12.2. The third kappa shape index (κ3) is 3.43. The monoisotopic (exact) mass is 303 g/mol. The van der Waals surface area contributed by atoms with Gasteiger partial charge in [-0.2, -0.15) is 0 Å². The van der Waals surface area contributed by atoms with Gasteiger partial charge in [0.25, 0.3) is 0 Å². The van der Waals surface area contributed by atoms with Gasteiger partial charge >= 0.3 is 0 Å². The molecule has 0 saturated heterocycles. The van der Waals surface area contributed by atoms with Crippen LogP contribution in [0.3, 0.4) is 0 Å². The highest BCUT2D eigenvalue weighted by Gasteiger charge is 2.36. The van der Waals surface area contributed by atoms with Gasteiger partial charge in [-0.05, 0) is 38.6 Å². The molecule has 1 aromatic carbocycles. The van der Waals surface area contributed by atoms with Gasteiger partial charge in [-0.3, -0.25) is 0 Å². The first-order valence-corrected chi connectivity index (χ1v) is 7.43. The Morgan fingerprint density at radius 2 is 1.79 bits per heavy atom. The molecule has 0 heterocycles. The lowest BCUT2D eigenvalue weighted by Gasteiger charge is -2.42. The molecule has 0 spiro atoms. The number of benzene rings is 1. The largest absolute Gasteiger partial charge is 0.391 e. The number of nitrogens with zero attached hydrogens (tertiary/aromatic N) is 1. The molecule has 1 rings (SSSR count). The van der Waals surface area contributed by atoms with E-state index in [0.717, 1.165) is 18.4 Å². The Kier molecular flexibility index (Phi) is 6.13. The molecule has 0 saturated carbocycles. The SMILES string of the molecule is CCC(CC)(C(O)Cc1cccc(Cl)c1Cl)N(C)C. The Balaban J connectivity index is 3.00. The number of hydrogen-bond acceptors (Lipinski definition) is 2. The lowest BCUT2D eigenvalue weighted by Crippen LogP contribution is -2.53. The second-order valence-electron chi connectivity index (χ2n) is 5.14. The number of likely N-dealkylation sites (N-methyl/N-ethyl adjacent to an activating group) is 1. The zero-order chi connectivity index (χ0) is 14.6. The van der Waals surface area contributed by atoms with E-state index in [-0.39, 0.29) is 5.54 Å². The van der Waals surface area contributed by atoms with Crippen LogP contribution in [0, 0.1) is 0 Å². The average Bonchev–Trinajstić information content (AvgIpc) is 2.36. The Bertz CT molecular complexity index is 417. The Hall–Kier alpha value is -0.280. The van der Waals surface area contributed by atoms with Crippen LogP contribution in [0.1, 0.15) is 32.3 Å². The molecule has 108 valence electrons. The number of rotatable bonds is 6. The van der Waals surface area contributed by atoms with Crippen LogP contribution < -0.4 is 0 Å². The number of aliphatic hydroxyl groups excluding tert-OH is 1. The topological polar surface area (TPSA) is 23.5 Å². The van der Waals surface area contributed by atoms with E-state index in [9.17, 15) is 5.11 Å². The molecule has 1 N–H and O–H groups in total. The van der Waals surface area contributed by atoms with Gasteiger partial charge in [0, 0.05) is 12.0 Å². The number of hydrogen-bond donors (Lipinski definition) is 1. The van der Waals surface area contributed by atoms with Gasteiger partial charge in [0.1, 0.15) is 0 Å². The van der Waals surface area contributed by atoms with Crippen LogP contribution in [0.4, 0.5) is 0 Å². The molecule has 0 aliphatic rings. The summed E-state index contributed by atoms with van der Waals surface area (Å²) in [7, 11) is 4.02. The van der Waals surface area contributed by atoms with Gasteiger partial charge < -0.3 is 10.0 Å². The van der Waals surface area contributed by atoms with E-state index in [1.165, 1.54) is 0 Å². The third-order valence-electron chi connectivity index (χ3n) is 4.18. The second-order valence-corrected chi connectivity index (χ2v) is 5.92. The fraction of sp³-hybridized carbons (Fsp3) is 0.600. The molecular weight excluding hydrogens is 281 g/mol. The molecule has 2 nitrogen and oxygen atoms in total. The summed E-state index contributed by atoms with van der Waals surface area (Å²) in [5.74, 6) is 0. The van der Waals surface area contributed by atoms with Gasteiger partial charge in [0.2, 0.25) is 0 Å². The van der Waals surface area contributed by atoms with Gasteiger partial charge in [-0.25, -0.2) is 0 Å². The van der Waals surface area contributed by atoms with Crippen molar-refractivity contribution in [2.45, 2.75) is 44.8 Å². The van der Waals surface area contributed by atoms with Gasteiger partial charge in [0.05, 0.1) is 16.1 Å². The Morgan fingerprint density at radius 3 is 2.26 bits per heavy atom. The zero-order valence-corrected chi connectivity index (χ0v) is 13.6. The van der Waals surface area contributed by atoms with E-state index in [1.54, 1.807) is 6.07 Å². The maximum atomic E-state index is 10.7. The highest BCUT2D eigenvalue weighted by atomic mass is 35.5. The minimum absolute atomic E-state index is 0.231. The summed E-state index contributed by atoms with van der Waals surface area (Å²) in [6, 6.07) is 5.55. The van der Waals surface area contributed by atoms with Crippen molar-refractivity contribution in [3.63, 3.8) is 0 Å². The molecular formula is C15H23Cl2NO. The van der Waals surface area contributed by atoms with E-state index >= 15 is 0 Å². The minimum atomic E-state index is -0.478. The van der Waals surface area contributed by atoms with Gasteiger partial charge in [-0.15, -0.1) is 0 Å². The summed E-state index contributed by atoms with van der Waals surface area (Å²) in [6.07, 6.45) is 1.80. The molecule has 0 amide bonds. The van der Waals surface area contributed by atoms with Crippen LogP contribution in [0.2, 0.25) is 10.0 Å². The van der Waals surface area contributed by atoms with Crippen molar-refractivity contribution in [1.82, 2.24) is 4.90 Å². The molecule has 1 atom stereocenters. The molecule has 0 aliphatic heterocycles. The lowest BCUT2D eigenvalue weighted by molar-refractivity contribution is -0.0125. The summed E-state index contributed by atoms with van der Waals surface area (Å²) in [4.78, 5) is 2.11. The molecule has 1 aromatic rings. The first-order valence-electron chi connectivity index (χ1n) is 6.67. The van der Waals surface area contributed by atoms with Crippen molar-refractivity contribution >= 4 is 23.2 Å². The molecule has 19 heavy (non-hydrogen) atoms. The van der Waals surface area contributed by atoms with Crippen LogP contribution in [0.5, 0.6) is 0 Å². The zero-order valence-electron chi connectivity index (χ0n) is 12.1. The summed E-state index contributed by atoms with van der Waals surface area (Å²) < 4.78 is 0.